The van der Waals surface area contributed by atoms with Crippen molar-refractivity contribution in [1.82, 2.24) is 9.99 Å². The largest absolute Gasteiger partial charge is 0.346 e. The van der Waals surface area contributed by atoms with Gasteiger partial charge in [0.2, 0.25) is 0 Å². The van der Waals surface area contributed by atoms with Crippen molar-refractivity contribution in [2.45, 2.75) is 6.54 Å². The van der Waals surface area contributed by atoms with Gasteiger partial charge in [0.1, 0.15) is 12.2 Å². The van der Waals surface area contributed by atoms with Crippen LogP contribution in [-0.2, 0) is 6.54 Å². The lowest BCUT2D eigenvalue weighted by atomic mass is 10.0. The van der Waals surface area contributed by atoms with Gasteiger partial charge in [-0.15, -0.1) is 0 Å². The zero-order chi connectivity index (χ0) is 15.6. The number of nitrogens with zero attached hydrogens (tertiary/aromatic N) is 2. The van der Waals surface area contributed by atoms with Crippen molar-refractivity contribution in [2.75, 3.05) is 5.43 Å². The van der Waals surface area contributed by atoms with Gasteiger partial charge in [-0.1, -0.05) is 30.3 Å². The first-order valence-electron chi connectivity index (χ1n) is 7.38. The van der Waals surface area contributed by atoms with E-state index in [1.807, 2.05) is 23.6 Å². The van der Waals surface area contributed by atoms with Gasteiger partial charge in [0.15, 0.2) is 0 Å². The number of hydrogen-bond donors (Lipinski definition) is 2. The molecule has 114 valence electrons. The van der Waals surface area contributed by atoms with Gasteiger partial charge in [-0.2, -0.15) is 0 Å². The Morgan fingerprint density at radius 1 is 1.04 bits per heavy atom. The van der Waals surface area contributed by atoms with Crippen LogP contribution in [0, 0.1) is 3.57 Å². The van der Waals surface area contributed by atoms with Gasteiger partial charge in [0.05, 0.1) is 12.2 Å². The molecule has 0 bridgehead atoms. The summed E-state index contributed by atoms with van der Waals surface area (Å²) in [5, 5.41) is 2.00. The maximum Gasteiger partial charge on any atom is 0.137 e. The lowest BCUT2D eigenvalue weighted by Gasteiger charge is -2.25. The number of hydrogen-bond acceptors (Lipinski definition) is 3. The van der Waals surface area contributed by atoms with Crippen LogP contribution >= 0.6 is 22.6 Å². The topological polar surface area (TPSA) is 43.4 Å². The van der Waals surface area contributed by atoms with Gasteiger partial charge >= 0.3 is 0 Å². The lowest BCUT2D eigenvalue weighted by molar-refractivity contribution is 0.500. The van der Waals surface area contributed by atoms with E-state index in [1.54, 1.807) is 0 Å². The summed E-state index contributed by atoms with van der Waals surface area (Å²) in [6, 6.07) is 18.7. The Labute approximate surface area is 148 Å². The van der Waals surface area contributed by atoms with Gasteiger partial charge in [0, 0.05) is 20.9 Å². The first-order valence-corrected chi connectivity index (χ1v) is 8.46. The third-order valence-electron chi connectivity index (χ3n) is 3.82. The molecule has 0 spiro atoms. The van der Waals surface area contributed by atoms with Crippen LogP contribution in [0.15, 0.2) is 65.8 Å². The van der Waals surface area contributed by atoms with Gasteiger partial charge in [-0.3, -0.25) is 10.4 Å². The summed E-state index contributed by atoms with van der Waals surface area (Å²) < 4.78 is 1.22. The van der Waals surface area contributed by atoms with Crippen LogP contribution in [0.5, 0.6) is 0 Å². The highest BCUT2D eigenvalue weighted by molar-refractivity contribution is 14.1. The summed E-state index contributed by atoms with van der Waals surface area (Å²) in [5.41, 5.74) is 8.05. The minimum Gasteiger partial charge on any atom is -0.346 e. The Morgan fingerprint density at radius 2 is 1.83 bits per heavy atom. The van der Waals surface area contributed by atoms with E-state index in [4.69, 9.17) is 0 Å². The number of aliphatic imine (C=N–C) groups is 1. The van der Waals surface area contributed by atoms with E-state index in [9.17, 15) is 0 Å². The van der Waals surface area contributed by atoms with Crippen molar-refractivity contribution < 1.29 is 0 Å². The molecule has 0 amide bonds. The van der Waals surface area contributed by atoms with E-state index in [1.165, 1.54) is 20.3 Å². The molecule has 1 aliphatic heterocycles. The van der Waals surface area contributed by atoms with Gasteiger partial charge < -0.3 is 4.98 Å². The number of H-pyrrole nitrogens is 1. The molecule has 0 saturated heterocycles. The van der Waals surface area contributed by atoms with Crippen LogP contribution < -0.4 is 5.43 Å². The molecule has 0 radical (unpaired) electrons. The smallest absolute Gasteiger partial charge is 0.137 e. The van der Waals surface area contributed by atoms with E-state index in [2.05, 4.69) is 86.5 Å². The van der Waals surface area contributed by atoms with Gasteiger partial charge in [0.25, 0.3) is 0 Å². The second-order valence-electron chi connectivity index (χ2n) is 5.39. The highest BCUT2D eigenvalue weighted by Crippen LogP contribution is 2.33. The molecule has 2 heterocycles. The summed E-state index contributed by atoms with van der Waals surface area (Å²) in [6.45, 7) is 0.762. The van der Waals surface area contributed by atoms with E-state index in [0.717, 1.165) is 18.1 Å². The van der Waals surface area contributed by atoms with Crippen LogP contribution in [-0.4, -0.2) is 16.3 Å². The van der Waals surface area contributed by atoms with E-state index in [0.29, 0.717) is 0 Å². The average Bonchev–Trinajstić information content (AvgIpc) is 3.01. The van der Waals surface area contributed by atoms with E-state index < -0.39 is 0 Å². The zero-order valence-electron chi connectivity index (χ0n) is 12.3. The average molecular weight is 414 g/mol. The fraction of sp³-hybridized carbons (Fsp3) is 0.0556. The molecule has 0 fully saturated rings. The monoisotopic (exact) mass is 414 g/mol. The molecule has 2 N–H and O–H groups in total. The molecule has 0 atom stereocenters. The number of aromatic nitrogens is 1. The molecule has 4 nitrogen and oxygen atoms in total. The van der Waals surface area contributed by atoms with Crippen LogP contribution in [0.25, 0.3) is 11.1 Å². The predicted molar refractivity (Wildman–Crippen MR) is 103 cm³/mol. The molecule has 2 aromatic carbocycles. The minimum absolute atomic E-state index is 0.762. The van der Waals surface area contributed by atoms with Gasteiger partial charge in [-0.25, -0.2) is 4.99 Å². The van der Waals surface area contributed by atoms with Crippen molar-refractivity contribution in [2.24, 2.45) is 4.99 Å². The first kappa shape index (κ1) is 14.3. The number of nitrogens with one attached hydrogen (secondary N) is 2. The summed E-state index contributed by atoms with van der Waals surface area (Å²) in [7, 11) is 0. The SMILES string of the molecule is Ic1ccc(NN2C=Nc3[nH]cc(-c4ccccc4)c3C2)cc1. The molecule has 3 aromatic rings. The Hall–Kier alpha value is -2.28. The number of fused-ring (bicyclic) bond motifs is 1. The van der Waals surface area contributed by atoms with Crippen LogP contribution in [0.3, 0.4) is 0 Å². The normalized spacial score (nSPS) is 13.0. The third kappa shape index (κ3) is 2.96. The summed E-state index contributed by atoms with van der Waals surface area (Å²) >= 11 is 2.31. The maximum absolute atomic E-state index is 4.52. The Kier molecular flexibility index (Phi) is 3.78. The Balaban J connectivity index is 1.59. The minimum atomic E-state index is 0.762. The molecule has 5 heteroatoms. The van der Waals surface area contributed by atoms with Crippen molar-refractivity contribution in [3.8, 4) is 11.1 Å². The van der Waals surface area contributed by atoms with Crippen molar-refractivity contribution in [3.05, 3.63) is 69.9 Å². The number of rotatable bonds is 3. The van der Waals surface area contributed by atoms with Crippen LogP contribution in [0.2, 0.25) is 0 Å². The van der Waals surface area contributed by atoms with Crippen molar-refractivity contribution in [1.29, 1.82) is 0 Å². The number of halogens is 1. The van der Waals surface area contributed by atoms with Crippen LogP contribution in [0.4, 0.5) is 11.5 Å². The molecule has 1 aliphatic rings. The number of aromatic amines is 1. The zero-order valence-corrected chi connectivity index (χ0v) is 14.5. The summed E-state index contributed by atoms with van der Waals surface area (Å²) in [4.78, 5) is 7.78. The second-order valence-corrected chi connectivity index (χ2v) is 6.63. The van der Waals surface area contributed by atoms with E-state index in [-0.39, 0.29) is 0 Å². The number of anilines is 1. The fourth-order valence-electron chi connectivity index (χ4n) is 2.69. The van der Waals surface area contributed by atoms with Gasteiger partial charge in [-0.05, 0) is 52.4 Å². The van der Waals surface area contributed by atoms with E-state index >= 15 is 0 Å². The lowest BCUT2D eigenvalue weighted by Crippen LogP contribution is -2.29. The fourth-order valence-corrected chi connectivity index (χ4v) is 3.05. The maximum atomic E-state index is 4.52. The highest BCUT2D eigenvalue weighted by Gasteiger charge is 2.18. The quantitative estimate of drug-likeness (QED) is 0.606. The standard InChI is InChI=1S/C18H15IN4/c19-14-6-8-15(9-7-14)22-23-11-17-16(10-20-18(17)21-12-23)13-4-2-1-3-5-13/h1-10,12,20,22H,11H2. The second kappa shape index (κ2) is 6.08. The summed E-state index contributed by atoms with van der Waals surface area (Å²) in [6.07, 6.45) is 3.86. The molecule has 0 unspecified atom stereocenters. The predicted octanol–water partition coefficient (Wildman–Crippen LogP) is 4.79. The molecular weight excluding hydrogens is 399 g/mol. The van der Waals surface area contributed by atoms with Crippen molar-refractivity contribution in [3.63, 3.8) is 0 Å². The van der Waals surface area contributed by atoms with Crippen molar-refractivity contribution >= 4 is 40.4 Å². The Morgan fingerprint density at radius 3 is 2.61 bits per heavy atom. The highest BCUT2D eigenvalue weighted by atomic mass is 127. The molecule has 23 heavy (non-hydrogen) atoms. The Bertz CT molecular complexity index is 837. The third-order valence-corrected chi connectivity index (χ3v) is 4.54. The molecule has 0 saturated carbocycles. The van der Waals surface area contributed by atoms with Crippen LogP contribution in [0.1, 0.15) is 5.56 Å². The molecule has 1 aromatic heterocycles. The molecular formula is C18H15IN4. The summed E-state index contributed by atoms with van der Waals surface area (Å²) in [5.74, 6) is 0.935. The number of hydrazine groups is 1. The molecule has 4 rings (SSSR count). The first-order chi connectivity index (χ1) is 11.3. The number of benzene rings is 2. The molecule has 0 aliphatic carbocycles.